The van der Waals surface area contributed by atoms with Crippen molar-refractivity contribution < 1.29 is 35.6 Å². The van der Waals surface area contributed by atoms with Crippen LogP contribution in [0.15, 0.2) is 53.1 Å². The number of nitrogens with one attached hydrogen (secondary N) is 1. The number of ketones is 1. The Hall–Kier alpha value is -3.25. The fourth-order valence-electron chi connectivity index (χ4n) is 2.50. The summed E-state index contributed by atoms with van der Waals surface area (Å²) in [6.07, 6.45) is -4.77. The van der Waals surface area contributed by atoms with Crippen LogP contribution >= 0.6 is 0 Å². The van der Waals surface area contributed by atoms with Gasteiger partial charge in [0.25, 0.3) is 0 Å². The van der Waals surface area contributed by atoms with Crippen molar-refractivity contribution in [3.63, 3.8) is 0 Å². The van der Waals surface area contributed by atoms with E-state index >= 15 is 0 Å². The smallest absolute Gasteiger partial charge is 0.471 e. The van der Waals surface area contributed by atoms with Crippen LogP contribution in [0.25, 0.3) is 11.4 Å². The van der Waals surface area contributed by atoms with E-state index in [1.54, 1.807) is 24.3 Å². The second kappa shape index (κ2) is 8.86. The standard InChI is InChI=1S/C19H16F3N3O5S/c1-29-15-8-2-12(3-9-15)10-23-31(27,28)11-16(26)13-4-6-14(7-5-13)17-24-18(30-25-17)19(20,21)22/h2-9,23H,10-11H2,1H3. The van der Waals surface area contributed by atoms with Gasteiger partial charge in [0.1, 0.15) is 11.5 Å². The molecule has 8 nitrogen and oxygen atoms in total. The zero-order chi connectivity index (χ0) is 22.6. The van der Waals surface area contributed by atoms with Crippen LogP contribution in [0.3, 0.4) is 0 Å². The van der Waals surface area contributed by atoms with E-state index in [0.29, 0.717) is 11.3 Å². The maximum atomic E-state index is 12.5. The number of methoxy groups -OCH3 is 1. The minimum Gasteiger partial charge on any atom is -0.497 e. The number of hydrogen-bond donors (Lipinski definition) is 1. The summed E-state index contributed by atoms with van der Waals surface area (Å²) in [5.74, 6) is -2.64. The zero-order valence-corrected chi connectivity index (χ0v) is 16.8. The van der Waals surface area contributed by atoms with Crippen molar-refractivity contribution in [2.75, 3.05) is 12.9 Å². The molecule has 0 unspecified atom stereocenters. The number of benzene rings is 2. The molecule has 0 saturated heterocycles. The minimum atomic E-state index is -4.77. The fourth-order valence-corrected chi connectivity index (χ4v) is 3.51. The Morgan fingerprint density at radius 1 is 1.10 bits per heavy atom. The maximum Gasteiger partial charge on any atom is 0.471 e. The first-order valence-electron chi connectivity index (χ1n) is 8.72. The van der Waals surface area contributed by atoms with Gasteiger partial charge >= 0.3 is 12.1 Å². The van der Waals surface area contributed by atoms with Gasteiger partial charge in [-0.2, -0.15) is 18.2 Å². The molecule has 3 aromatic rings. The Labute approximate surface area is 175 Å². The predicted molar refractivity (Wildman–Crippen MR) is 103 cm³/mol. The van der Waals surface area contributed by atoms with Crippen molar-refractivity contribution in [1.82, 2.24) is 14.9 Å². The number of hydrogen-bond acceptors (Lipinski definition) is 7. The lowest BCUT2D eigenvalue weighted by molar-refractivity contribution is -0.159. The number of ether oxygens (including phenoxy) is 1. The van der Waals surface area contributed by atoms with Crippen molar-refractivity contribution in [1.29, 1.82) is 0 Å². The molecule has 12 heteroatoms. The van der Waals surface area contributed by atoms with Crippen LogP contribution in [0.1, 0.15) is 21.8 Å². The zero-order valence-electron chi connectivity index (χ0n) is 16.0. The molecular weight excluding hydrogens is 439 g/mol. The van der Waals surface area contributed by atoms with Crippen LogP contribution < -0.4 is 9.46 Å². The van der Waals surface area contributed by atoms with Crippen molar-refractivity contribution >= 4 is 15.8 Å². The topological polar surface area (TPSA) is 111 Å². The van der Waals surface area contributed by atoms with Crippen LogP contribution in [0.5, 0.6) is 5.75 Å². The lowest BCUT2D eigenvalue weighted by Crippen LogP contribution is -2.29. The third-order valence-corrected chi connectivity index (χ3v) is 5.34. The Bertz CT molecular complexity index is 1160. The Balaban J connectivity index is 1.62. The van der Waals surface area contributed by atoms with E-state index in [1.165, 1.54) is 31.4 Å². The summed E-state index contributed by atoms with van der Waals surface area (Å²) in [5.41, 5.74) is 0.925. The number of rotatable bonds is 8. The maximum absolute atomic E-state index is 12.5. The first-order valence-corrected chi connectivity index (χ1v) is 10.4. The van der Waals surface area contributed by atoms with Crippen LogP contribution in [0.2, 0.25) is 0 Å². The van der Waals surface area contributed by atoms with Gasteiger partial charge in [0, 0.05) is 17.7 Å². The molecule has 1 aromatic heterocycles. The van der Waals surface area contributed by atoms with Gasteiger partial charge in [0.05, 0.1) is 7.11 Å². The highest BCUT2D eigenvalue weighted by Crippen LogP contribution is 2.29. The molecule has 0 aliphatic heterocycles. The summed E-state index contributed by atoms with van der Waals surface area (Å²) in [5, 5.41) is 3.25. The number of halogens is 3. The van der Waals surface area contributed by atoms with E-state index < -0.39 is 33.6 Å². The minimum absolute atomic E-state index is 0.00207. The van der Waals surface area contributed by atoms with E-state index in [0.717, 1.165) is 0 Å². The molecule has 0 aliphatic carbocycles. The van der Waals surface area contributed by atoms with E-state index in [2.05, 4.69) is 19.4 Å². The van der Waals surface area contributed by atoms with E-state index in [-0.39, 0.29) is 23.5 Å². The highest BCUT2D eigenvalue weighted by molar-refractivity contribution is 7.90. The van der Waals surface area contributed by atoms with E-state index in [1.807, 2.05) is 0 Å². The largest absolute Gasteiger partial charge is 0.497 e. The molecule has 0 aliphatic rings. The molecule has 3 rings (SSSR count). The first kappa shape index (κ1) is 22.4. The molecule has 164 valence electrons. The van der Waals surface area contributed by atoms with Gasteiger partial charge in [0.2, 0.25) is 15.8 Å². The molecular formula is C19H16F3N3O5S. The summed E-state index contributed by atoms with van der Waals surface area (Å²) in [6.45, 7) is -0.00207. The van der Waals surface area contributed by atoms with Crippen LogP contribution in [-0.2, 0) is 22.7 Å². The molecule has 1 N–H and O–H groups in total. The molecule has 0 fully saturated rings. The molecule has 0 spiro atoms. The number of alkyl halides is 3. The molecule has 0 bridgehead atoms. The highest BCUT2D eigenvalue weighted by atomic mass is 32.2. The third kappa shape index (κ3) is 5.89. The number of nitrogens with zero attached hydrogens (tertiary/aromatic N) is 2. The third-order valence-electron chi connectivity index (χ3n) is 4.11. The lowest BCUT2D eigenvalue weighted by atomic mass is 10.1. The fraction of sp³-hybridized carbons (Fsp3) is 0.211. The second-order valence-electron chi connectivity index (χ2n) is 6.35. The number of carbonyl (C=O) groups excluding carboxylic acids is 1. The van der Waals surface area contributed by atoms with Crippen LogP contribution in [0, 0.1) is 0 Å². The Morgan fingerprint density at radius 2 is 1.74 bits per heavy atom. The number of sulfonamides is 1. The SMILES string of the molecule is COc1ccc(CNS(=O)(=O)CC(=O)c2ccc(-c3noc(C(F)(F)F)n3)cc2)cc1. The van der Waals surface area contributed by atoms with Gasteiger partial charge < -0.3 is 9.26 Å². The normalized spacial score (nSPS) is 12.0. The summed E-state index contributed by atoms with van der Waals surface area (Å²) in [4.78, 5) is 15.6. The van der Waals surface area contributed by atoms with Crippen LogP contribution in [0.4, 0.5) is 13.2 Å². The monoisotopic (exact) mass is 455 g/mol. The second-order valence-corrected chi connectivity index (χ2v) is 8.16. The number of carbonyl (C=O) groups is 1. The predicted octanol–water partition coefficient (Wildman–Crippen LogP) is 3.07. The Kier molecular flexibility index (Phi) is 6.41. The summed E-state index contributed by atoms with van der Waals surface area (Å²) in [6, 6.07) is 11.9. The van der Waals surface area contributed by atoms with Gasteiger partial charge in [-0.1, -0.05) is 41.6 Å². The molecule has 1 heterocycles. The number of Topliss-reactive ketones (excluding diaryl/α,β-unsaturated/α-hetero) is 1. The van der Waals surface area contributed by atoms with E-state index in [9.17, 15) is 26.4 Å². The molecule has 2 aromatic carbocycles. The van der Waals surface area contributed by atoms with Gasteiger partial charge in [-0.3, -0.25) is 4.79 Å². The summed E-state index contributed by atoms with van der Waals surface area (Å²) in [7, 11) is -2.40. The average Bonchev–Trinajstić information content (AvgIpc) is 3.23. The summed E-state index contributed by atoms with van der Waals surface area (Å²) >= 11 is 0. The summed E-state index contributed by atoms with van der Waals surface area (Å²) < 4.78 is 73.5. The molecule has 0 atom stereocenters. The van der Waals surface area contributed by atoms with Gasteiger partial charge in [-0.05, 0) is 17.7 Å². The highest BCUT2D eigenvalue weighted by Gasteiger charge is 2.38. The van der Waals surface area contributed by atoms with E-state index in [4.69, 9.17) is 4.74 Å². The Morgan fingerprint density at radius 3 is 2.29 bits per heavy atom. The van der Waals surface area contributed by atoms with Crippen molar-refractivity contribution in [2.45, 2.75) is 12.7 Å². The number of aromatic nitrogens is 2. The van der Waals surface area contributed by atoms with Crippen molar-refractivity contribution in [3.05, 3.63) is 65.5 Å². The van der Waals surface area contributed by atoms with Gasteiger partial charge in [0.15, 0.2) is 5.78 Å². The first-order chi connectivity index (χ1) is 14.6. The molecule has 0 radical (unpaired) electrons. The molecule has 0 saturated carbocycles. The average molecular weight is 455 g/mol. The molecule has 31 heavy (non-hydrogen) atoms. The van der Waals surface area contributed by atoms with Crippen LogP contribution in [-0.4, -0.2) is 37.2 Å². The van der Waals surface area contributed by atoms with Crippen molar-refractivity contribution in [2.24, 2.45) is 0 Å². The molecule has 0 amide bonds. The van der Waals surface area contributed by atoms with Gasteiger partial charge in [-0.15, -0.1) is 0 Å². The quantitative estimate of drug-likeness (QED) is 0.520. The van der Waals surface area contributed by atoms with Gasteiger partial charge in [-0.25, -0.2) is 13.1 Å². The van der Waals surface area contributed by atoms with Crippen molar-refractivity contribution in [3.8, 4) is 17.1 Å². The lowest BCUT2D eigenvalue weighted by Gasteiger charge is -2.07.